The number of ether oxygens (including phenoxy) is 1. The maximum Gasteiger partial charge on any atom is 0.410 e. The molecule has 0 fully saturated rings. The largest absolute Gasteiger partial charge is 0.444 e. The van der Waals surface area contributed by atoms with Crippen molar-refractivity contribution in [1.29, 1.82) is 0 Å². The Hall–Kier alpha value is -2.11. The summed E-state index contributed by atoms with van der Waals surface area (Å²) in [4.78, 5) is 13.4. The smallest absolute Gasteiger partial charge is 0.410 e. The van der Waals surface area contributed by atoms with Gasteiger partial charge in [-0.05, 0) is 45.0 Å². The number of rotatable bonds is 3. The van der Waals surface area contributed by atoms with Crippen molar-refractivity contribution in [3.63, 3.8) is 0 Å². The molecule has 126 valence electrons. The van der Waals surface area contributed by atoms with Crippen molar-refractivity contribution >= 4 is 6.09 Å². The number of hydrogen-bond acceptors (Lipinski definition) is 3. The van der Waals surface area contributed by atoms with Crippen LogP contribution in [0.1, 0.15) is 38.8 Å². The van der Waals surface area contributed by atoms with Crippen LogP contribution in [0, 0.1) is 11.6 Å². The normalized spacial score (nSPS) is 17.5. The predicted octanol–water partition coefficient (Wildman–Crippen LogP) is 3.75. The molecule has 1 atom stereocenters. The Kier molecular flexibility index (Phi) is 4.92. The van der Waals surface area contributed by atoms with E-state index >= 15 is 0 Å². The van der Waals surface area contributed by atoms with Gasteiger partial charge in [0.1, 0.15) is 17.2 Å². The van der Waals surface area contributed by atoms with Gasteiger partial charge in [-0.15, -0.1) is 0 Å². The summed E-state index contributed by atoms with van der Waals surface area (Å²) >= 11 is 0. The summed E-state index contributed by atoms with van der Waals surface area (Å²) in [6.07, 6.45) is 1.92. The van der Waals surface area contributed by atoms with Gasteiger partial charge in [-0.25, -0.2) is 13.6 Å². The zero-order chi connectivity index (χ0) is 17.2. The average molecular weight is 324 g/mol. The molecule has 1 N–H and O–H groups in total. The van der Waals surface area contributed by atoms with Crippen LogP contribution in [-0.4, -0.2) is 30.2 Å². The minimum absolute atomic E-state index is 0.252. The first-order valence-corrected chi connectivity index (χ1v) is 7.49. The van der Waals surface area contributed by atoms with Crippen LogP contribution in [0.25, 0.3) is 0 Å². The fraction of sp³-hybridized carbons (Fsp3) is 0.471. The van der Waals surface area contributed by atoms with Gasteiger partial charge in [0, 0.05) is 25.2 Å². The molecule has 1 aliphatic heterocycles. The number of benzene rings is 1. The fourth-order valence-corrected chi connectivity index (χ4v) is 2.40. The van der Waals surface area contributed by atoms with Gasteiger partial charge in [0.15, 0.2) is 0 Å². The summed E-state index contributed by atoms with van der Waals surface area (Å²) < 4.78 is 32.1. The van der Waals surface area contributed by atoms with Gasteiger partial charge in [-0.1, -0.05) is 6.07 Å². The lowest BCUT2D eigenvalue weighted by atomic mass is 10.0. The van der Waals surface area contributed by atoms with E-state index in [1.165, 1.54) is 17.0 Å². The van der Waals surface area contributed by atoms with Crippen LogP contribution in [0.5, 0.6) is 0 Å². The van der Waals surface area contributed by atoms with E-state index in [9.17, 15) is 13.6 Å². The Labute approximate surface area is 135 Å². The van der Waals surface area contributed by atoms with Gasteiger partial charge in [-0.2, -0.15) is 0 Å². The Morgan fingerprint density at radius 2 is 2.09 bits per heavy atom. The van der Waals surface area contributed by atoms with Crippen LogP contribution in [0.4, 0.5) is 13.6 Å². The Bertz CT molecular complexity index is 624. The number of likely N-dealkylation sites (N-methyl/N-ethyl adjacent to an activating group) is 1. The van der Waals surface area contributed by atoms with Crippen LogP contribution >= 0.6 is 0 Å². The monoisotopic (exact) mass is 324 g/mol. The van der Waals surface area contributed by atoms with E-state index in [2.05, 4.69) is 5.32 Å². The molecule has 2 rings (SSSR count). The number of halogens is 2. The second kappa shape index (κ2) is 6.56. The minimum Gasteiger partial charge on any atom is -0.444 e. The van der Waals surface area contributed by atoms with Gasteiger partial charge < -0.3 is 15.0 Å². The molecule has 1 aliphatic rings. The first-order valence-electron chi connectivity index (χ1n) is 7.49. The second-order valence-corrected chi connectivity index (χ2v) is 6.73. The molecule has 0 aliphatic carbocycles. The highest BCUT2D eigenvalue weighted by atomic mass is 19.1. The lowest BCUT2D eigenvalue weighted by molar-refractivity contribution is 0.0312. The van der Waals surface area contributed by atoms with Crippen molar-refractivity contribution in [2.24, 2.45) is 0 Å². The summed E-state index contributed by atoms with van der Waals surface area (Å²) in [5.74, 6) is -1.17. The van der Waals surface area contributed by atoms with Crippen molar-refractivity contribution in [3.8, 4) is 0 Å². The highest BCUT2D eigenvalue weighted by molar-refractivity contribution is 5.68. The van der Waals surface area contributed by atoms with E-state index in [1.807, 2.05) is 20.8 Å². The molecule has 1 unspecified atom stereocenters. The Morgan fingerprint density at radius 1 is 1.39 bits per heavy atom. The maximum absolute atomic E-state index is 13.8. The zero-order valence-corrected chi connectivity index (χ0v) is 13.8. The zero-order valence-electron chi connectivity index (χ0n) is 13.8. The third-order valence-electron chi connectivity index (χ3n) is 3.44. The van der Waals surface area contributed by atoms with E-state index in [1.54, 1.807) is 13.2 Å². The SMILES string of the molecule is CN(CC1=CNC(c2ccc(F)cc2F)C1)C(=O)OC(C)(C)C. The summed E-state index contributed by atoms with van der Waals surface area (Å²) in [6.45, 7) is 5.81. The molecule has 1 heterocycles. The molecule has 0 bridgehead atoms. The van der Waals surface area contributed by atoms with Crippen LogP contribution in [0.15, 0.2) is 30.0 Å². The molecule has 23 heavy (non-hydrogen) atoms. The van der Waals surface area contributed by atoms with Gasteiger partial charge in [0.05, 0.1) is 6.04 Å². The summed E-state index contributed by atoms with van der Waals surface area (Å²) in [6, 6.07) is 3.31. The topological polar surface area (TPSA) is 41.6 Å². The molecule has 0 radical (unpaired) electrons. The van der Waals surface area contributed by atoms with Gasteiger partial charge in [0.2, 0.25) is 0 Å². The van der Waals surface area contributed by atoms with E-state index in [4.69, 9.17) is 4.74 Å². The third-order valence-corrected chi connectivity index (χ3v) is 3.44. The van der Waals surface area contributed by atoms with Crippen LogP contribution in [-0.2, 0) is 4.74 Å². The van der Waals surface area contributed by atoms with Crippen LogP contribution in [0.2, 0.25) is 0 Å². The number of carbonyl (C=O) groups excluding carboxylic acids is 1. The van der Waals surface area contributed by atoms with Crippen molar-refractivity contribution in [3.05, 3.63) is 47.2 Å². The second-order valence-electron chi connectivity index (χ2n) is 6.73. The van der Waals surface area contributed by atoms with Crippen molar-refractivity contribution < 1.29 is 18.3 Å². The molecule has 1 amide bonds. The Balaban J connectivity index is 1.93. The number of nitrogens with zero attached hydrogens (tertiary/aromatic N) is 1. The van der Waals surface area contributed by atoms with Crippen LogP contribution in [0.3, 0.4) is 0 Å². The van der Waals surface area contributed by atoms with Crippen molar-refractivity contribution in [1.82, 2.24) is 10.2 Å². The molecule has 1 aromatic carbocycles. The predicted molar refractivity (Wildman–Crippen MR) is 83.8 cm³/mol. The van der Waals surface area contributed by atoms with Crippen molar-refractivity contribution in [2.45, 2.75) is 38.8 Å². The summed E-state index contributed by atoms with van der Waals surface area (Å²) in [5, 5.41) is 3.07. The average Bonchev–Trinajstić information content (AvgIpc) is 2.84. The van der Waals surface area contributed by atoms with E-state index < -0.39 is 23.3 Å². The molecule has 0 saturated heterocycles. The molecule has 0 spiro atoms. The molecule has 0 aromatic heterocycles. The van der Waals surface area contributed by atoms with E-state index in [0.29, 0.717) is 18.5 Å². The highest BCUT2D eigenvalue weighted by Gasteiger charge is 2.25. The Morgan fingerprint density at radius 3 is 2.70 bits per heavy atom. The fourth-order valence-electron chi connectivity index (χ4n) is 2.40. The van der Waals surface area contributed by atoms with Gasteiger partial charge in [-0.3, -0.25) is 0 Å². The lowest BCUT2D eigenvalue weighted by Crippen LogP contribution is -2.35. The van der Waals surface area contributed by atoms with E-state index in [0.717, 1.165) is 11.6 Å². The highest BCUT2D eigenvalue weighted by Crippen LogP contribution is 2.28. The molecule has 1 aromatic rings. The molecule has 6 heteroatoms. The maximum atomic E-state index is 13.8. The van der Waals surface area contributed by atoms with Gasteiger partial charge in [0.25, 0.3) is 0 Å². The first-order chi connectivity index (χ1) is 10.7. The number of hydrogen-bond donors (Lipinski definition) is 1. The van der Waals surface area contributed by atoms with Gasteiger partial charge >= 0.3 is 6.09 Å². The number of nitrogens with one attached hydrogen (secondary N) is 1. The minimum atomic E-state index is -0.595. The number of carbonyl (C=O) groups is 1. The van der Waals surface area contributed by atoms with Crippen LogP contribution < -0.4 is 5.32 Å². The quantitative estimate of drug-likeness (QED) is 0.921. The standard InChI is InChI=1S/C17H22F2N2O2/c1-17(2,3)23-16(22)21(4)10-11-7-15(20-9-11)13-6-5-12(18)8-14(13)19/h5-6,8-9,15,20H,7,10H2,1-4H3. The summed E-state index contributed by atoms with van der Waals surface area (Å²) in [5.41, 5.74) is 0.817. The molecular weight excluding hydrogens is 302 g/mol. The summed E-state index contributed by atoms with van der Waals surface area (Å²) in [7, 11) is 1.65. The third kappa shape index (κ3) is 4.68. The molecule has 0 saturated carbocycles. The molecular formula is C17H22F2N2O2. The number of amides is 1. The lowest BCUT2D eigenvalue weighted by Gasteiger charge is -2.25. The molecule has 4 nitrogen and oxygen atoms in total. The van der Waals surface area contributed by atoms with Crippen molar-refractivity contribution in [2.75, 3.05) is 13.6 Å². The van der Waals surface area contributed by atoms with E-state index in [-0.39, 0.29) is 6.04 Å². The first kappa shape index (κ1) is 17.2.